The molecule has 0 bridgehead atoms. The molecule has 1 aliphatic carbocycles. The van der Waals surface area contributed by atoms with E-state index in [2.05, 4.69) is 74.3 Å². The summed E-state index contributed by atoms with van der Waals surface area (Å²) in [5, 5.41) is 5.03. The van der Waals surface area contributed by atoms with Crippen LogP contribution in [-0.4, -0.2) is 67.9 Å². The Morgan fingerprint density at radius 1 is 0.927 bits per heavy atom. The Morgan fingerprint density at radius 2 is 1.67 bits per heavy atom. The fourth-order valence-corrected chi connectivity index (χ4v) is 9.85. The highest BCUT2D eigenvalue weighted by atomic mass is 32.2. The van der Waals surface area contributed by atoms with Crippen LogP contribution in [-0.2, 0) is 33.5 Å². The molecule has 2 N–H and O–H groups in total. The monoisotopic (exact) mass is 787 g/mol. The maximum atomic E-state index is 13.0. The summed E-state index contributed by atoms with van der Waals surface area (Å²) < 4.78 is 32.3. The molecule has 1 saturated carbocycles. The van der Waals surface area contributed by atoms with Gasteiger partial charge in [0.1, 0.15) is 17.6 Å². The number of likely N-dealkylation sites (N-methyl/N-ethyl adjacent to an activating group) is 1. The number of ether oxygens (including phenoxy) is 2. The van der Waals surface area contributed by atoms with Gasteiger partial charge in [0.05, 0.1) is 18.2 Å². The molecule has 8 nitrogen and oxygen atoms in total. The average molecular weight is 788 g/mol. The first-order valence-corrected chi connectivity index (χ1v) is 24.5. The van der Waals surface area contributed by atoms with Gasteiger partial charge < -0.3 is 28.8 Å². The predicted octanol–water partition coefficient (Wildman–Crippen LogP) is 9.52. The van der Waals surface area contributed by atoms with Crippen molar-refractivity contribution in [2.45, 2.75) is 120 Å². The van der Waals surface area contributed by atoms with Crippen molar-refractivity contribution in [3.8, 4) is 5.75 Å². The van der Waals surface area contributed by atoms with Crippen molar-refractivity contribution in [2.75, 3.05) is 39.9 Å². The van der Waals surface area contributed by atoms with Crippen molar-refractivity contribution in [3.63, 3.8) is 0 Å². The topological polar surface area (TPSA) is 98.9 Å². The average Bonchev–Trinajstić information content (AvgIpc) is 3.70. The number of aromatic nitrogens is 1. The van der Waals surface area contributed by atoms with E-state index in [4.69, 9.17) is 13.9 Å². The SMILES string of the molecule is CN(CCOCCCCCCNC[C@H](O[Si](C)(C)C(C)(C)C)c1ccc(OCc2ccccc2)c2[nH]c(=O)ccc12)Cc1cccc([S+]([O-])C2CCCC2)c1. The van der Waals surface area contributed by atoms with Crippen LogP contribution in [0.1, 0.15) is 94.9 Å². The molecule has 2 atom stereocenters. The minimum atomic E-state index is -2.13. The summed E-state index contributed by atoms with van der Waals surface area (Å²) in [6.45, 7) is 16.6. The Bertz CT molecular complexity index is 1810. The van der Waals surface area contributed by atoms with Crippen LogP contribution in [0.25, 0.3) is 10.9 Å². The number of pyridine rings is 1. The van der Waals surface area contributed by atoms with Gasteiger partial charge in [0.2, 0.25) is 5.56 Å². The number of fused-ring (bicyclic) bond motifs is 1. The molecule has 3 aromatic carbocycles. The minimum absolute atomic E-state index is 0.0500. The van der Waals surface area contributed by atoms with E-state index in [9.17, 15) is 9.35 Å². The fraction of sp³-hybridized carbons (Fsp3) is 0.533. The van der Waals surface area contributed by atoms with Gasteiger partial charge in [-0.05, 0) is 122 Å². The third-order valence-electron chi connectivity index (χ3n) is 11.2. The molecule has 0 radical (unpaired) electrons. The van der Waals surface area contributed by atoms with E-state index in [1.54, 1.807) is 6.07 Å². The van der Waals surface area contributed by atoms with Crippen LogP contribution in [0.3, 0.4) is 0 Å². The lowest BCUT2D eigenvalue weighted by molar-refractivity contribution is 0.106. The van der Waals surface area contributed by atoms with E-state index in [0.29, 0.717) is 36.3 Å². The van der Waals surface area contributed by atoms with Gasteiger partial charge in [-0.1, -0.05) is 82.1 Å². The first-order chi connectivity index (χ1) is 26.4. The molecule has 1 unspecified atom stereocenters. The second-order valence-electron chi connectivity index (χ2n) is 16.7. The van der Waals surface area contributed by atoms with Gasteiger partial charge in [-0.2, -0.15) is 0 Å². The number of aromatic amines is 1. The third-order valence-corrected chi connectivity index (χ3v) is 17.5. The van der Waals surface area contributed by atoms with Gasteiger partial charge in [0.25, 0.3) is 0 Å². The largest absolute Gasteiger partial charge is 0.611 e. The standard InChI is InChI=1S/C45H65N3O5SSi/c1-45(2,3)55(5,6)53-42(39-23-25-41(44-40(39)24-26-43(49)47-44)52-34-35-17-10-9-11-18-35)32-46-27-14-7-8-15-29-51-30-28-48(4)33-36-19-16-22-38(31-36)54(50)37-20-12-13-21-37/h9-11,16-19,22-26,31,37,42,46H,7-8,12-15,20-21,27-30,32-34H2,1-6H3,(H,47,49)/t42-,54?/m0/s1. The number of unbranched alkanes of at least 4 members (excludes halogenated alkanes) is 3. The Hall–Kier alpha value is -2.96. The smallest absolute Gasteiger partial charge is 0.248 e. The summed E-state index contributed by atoms with van der Waals surface area (Å²) in [6, 6.07) is 26.0. The number of benzene rings is 3. The van der Waals surface area contributed by atoms with E-state index in [0.717, 1.165) is 86.2 Å². The molecule has 1 aliphatic rings. The van der Waals surface area contributed by atoms with Crippen LogP contribution in [0.15, 0.2) is 88.6 Å². The van der Waals surface area contributed by atoms with E-state index in [1.807, 2.05) is 54.6 Å². The Morgan fingerprint density at radius 3 is 2.44 bits per heavy atom. The maximum Gasteiger partial charge on any atom is 0.248 e. The summed E-state index contributed by atoms with van der Waals surface area (Å²) in [7, 11) is -0.00520. The van der Waals surface area contributed by atoms with Gasteiger partial charge in [-0.25, -0.2) is 0 Å². The lowest BCUT2D eigenvalue weighted by Gasteiger charge is -2.39. The molecule has 0 amide bonds. The molecule has 1 heterocycles. The summed E-state index contributed by atoms with van der Waals surface area (Å²) in [4.78, 5) is 18.8. The van der Waals surface area contributed by atoms with E-state index in [1.165, 1.54) is 18.4 Å². The number of rotatable bonds is 22. The number of H-pyrrole nitrogens is 1. The number of hydrogen-bond acceptors (Lipinski definition) is 7. The number of nitrogens with zero attached hydrogens (tertiary/aromatic N) is 1. The Balaban J connectivity index is 1.05. The van der Waals surface area contributed by atoms with Crippen LogP contribution in [0, 0.1) is 0 Å². The lowest BCUT2D eigenvalue weighted by Crippen LogP contribution is -2.43. The third kappa shape index (κ3) is 13.0. The molecular weight excluding hydrogens is 723 g/mol. The molecule has 55 heavy (non-hydrogen) atoms. The lowest BCUT2D eigenvalue weighted by atomic mass is 10.0. The molecule has 0 spiro atoms. The first kappa shape index (κ1) is 43.2. The van der Waals surface area contributed by atoms with Crippen LogP contribution in [0.5, 0.6) is 5.75 Å². The van der Waals surface area contributed by atoms with E-state index >= 15 is 0 Å². The zero-order valence-corrected chi connectivity index (χ0v) is 36.0. The summed E-state index contributed by atoms with van der Waals surface area (Å²) >= 11 is -0.891. The van der Waals surface area contributed by atoms with E-state index in [-0.39, 0.29) is 16.7 Å². The Labute approximate surface area is 334 Å². The highest BCUT2D eigenvalue weighted by Crippen LogP contribution is 2.41. The molecule has 0 saturated heterocycles. The van der Waals surface area contributed by atoms with Crippen LogP contribution in [0.2, 0.25) is 18.1 Å². The summed E-state index contributed by atoms with van der Waals surface area (Å²) in [5.41, 5.74) is 3.89. The molecule has 4 aromatic rings. The van der Waals surface area contributed by atoms with Crippen LogP contribution >= 0.6 is 0 Å². The van der Waals surface area contributed by atoms with Crippen molar-refractivity contribution >= 4 is 30.4 Å². The molecule has 10 heteroatoms. The van der Waals surface area contributed by atoms with Gasteiger partial charge in [-0.15, -0.1) is 0 Å². The summed E-state index contributed by atoms with van der Waals surface area (Å²) in [5.74, 6) is 0.658. The first-order valence-electron chi connectivity index (χ1n) is 20.4. The van der Waals surface area contributed by atoms with Crippen molar-refractivity contribution in [3.05, 3.63) is 106 Å². The molecule has 1 aromatic heterocycles. The number of nitrogens with one attached hydrogen (secondary N) is 2. The van der Waals surface area contributed by atoms with Crippen molar-refractivity contribution < 1.29 is 18.5 Å². The van der Waals surface area contributed by atoms with Gasteiger partial charge in [0, 0.05) is 37.7 Å². The van der Waals surface area contributed by atoms with Gasteiger partial charge in [0.15, 0.2) is 13.2 Å². The van der Waals surface area contributed by atoms with Crippen molar-refractivity contribution in [2.24, 2.45) is 0 Å². The highest BCUT2D eigenvalue weighted by molar-refractivity contribution is 7.92. The summed E-state index contributed by atoms with van der Waals surface area (Å²) in [6.07, 6.45) is 8.83. The number of hydrogen-bond donors (Lipinski definition) is 2. The van der Waals surface area contributed by atoms with Crippen molar-refractivity contribution in [1.29, 1.82) is 0 Å². The normalized spacial score (nSPS) is 15.2. The fourth-order valence-electron chi connectivity index (χ4n) is 6.95. The zero-order chi connectivity index (χ0) is 39.3. The second kappa shape index (κ2) is 21.0. The van der Waals surface area contributed by atoms with Crippen LogP contribution in [0.4, 0.5) is 0 Å². The molecular formula is C45H65N3O5SSi. The van der Waals surface area contributed by atoms with Gasteiger partial charge in [-0.3, -0.25) is 9.69 Å². The molecule has 1 fully saturated rings. The zero-order valence-electron chi connectivity index (χ0n) is 34.2. The predicted molar refractivity (Wildman–Crippen MR) is 230 cm³/mol. The minimum Gasteiger partial charge on any atom is -0.611 e. The van der Waals surface area contributed by atoms with Crippen molar-refractivity contribution in [1.82, 2.24) is 15.2 Å². The second-order valence-corrected chi connectivity index (χ2v) is 23.2. The highest BCUT2D eigenvalue weighted by Gasteiger charge is 2.40. The Kier molecular flexibility index (Phi) is 16.5. The van der Waals surface area contributed by atoms with Crippen LogP contribution < -0.4 is 15.6 Å². The van der Waals surface area contributed by atoms with Gasteiger partial charge >= 0.3 is 0 Å². The van der Waals surface area contributed by atoms with E-state index < -0.39 is 19.5 Å². The molecule has 300 valence electrons. The maximum absolute atomic E-state index is 13.0. The molecule has 5 rings (SSSR count). The quantitative estimate of drug-likeness (QED) is 0.0465. The molecule has 0 aliphatic heterocycles.